The van der Waals surface area contributed by atoms with Crippen LogP contribution in [0.15, 0.2) is 41.7 Å². The fourth-order valence-corrected chi connectivity index (χ4v) is 3.26. The third-order valence-electron chi connectivity index (χ3n) is 4.88. The average Bonchev–Trinajstić information content (AvgIpc) is 3.15. The van der Waals surface area contributed by atoms with Crippen LogP contribution in [-0.2, 0) is 11.8 Å². The van der Waals surface area contributed by atoms with Crippen molar-refractivity contribution in [2.45, 2.75) is 25.9 Å². The van der Waals surface area contributed by atoms with Crippen LogP contribution in [0.5, 0.6) is 5.75 Å². The zero-order chi connectivity index (χ0) is 19.9. The molecule has 28 heavy (non-hydrogen) atoms. The SMILES string of the molecule is CN=C(NCCOc1ccc(C(C)C)cc1)N1CCOC(c2cnn(C)c2)C1. The molecule has 1 aliphatic heterocycles. The number of rotatable bonds is 6. The molecule has 7 nitrogen and oxygen atoms in total. The second kappa shape index (κ2) is 9.59. The Hall–Kier alpha value is -2.54. The normalized spacial score (nSPS) is 17.8. The van der Waals surface area contributed by atoms with Crippen LogP contribution in [-0.4, -0.2) is 60.5 Å². The molecule has 2 aromatic rings. The zero-order valence-corrected chi connectivity index (χ0v) is 17.3. The fourth-order valence-electron chi connectivity index (χ4n) is 3.26. The van der Waals surface area contributed by atoms with E-state index in [9.17, 15) is 0 Å². The van der Waals surface area contributed by atoms with Crippen molar-refractivity contribution in [2.75, 3.05) is 39.9 Å². The molecular formula is C21H31N5O2. The monoisotopic (exact) mass is 385 g/mol. The Morgan fingerprint density at radius 1 is 1.36 bits per heavy atom. The van der Waals surface area contributed by atoms with Crippen LogP contribution in [0.1, 0.15) is 37.0 Å². The van der Waals surface area contributed by atoms with Gasteiger partial charge in [0.2, 0.25) is 0 Å². The second-order valence-corrected chi connectivity index (χ2v) is 7.30. The van der Waals surface area contributed by atoms with Crippen LogP contribution in [0.4, 0.5) is 0 Å². The minimum Gasteiger partial charge on any atom is -0.492 e. The molecule has 3 rings (SSSR count). The van der Waals surface area contributed by atoms with Gasteiger partial charge in [0, 0.05) is 32.4 Å². The molecule has 0 saturated carbocycles. The quantitative estimate of drug-likeness (QED) is 0.470. The van der Waals surface area contributed by atoms with Gasteiger partial charge in [-0.3, -0.25) is 9.67 Å². The molecule has 1 aromatic carbocycles. The van der Waals surface area contributed by atoms with Gasteiger partial charge < -0.3 is 19.7 Å². The number of nitrogens with zero attached hydrogens (tertiary/aromatic N) is 4. The van der Waals surface area contributed by atoms with E-state index in [2.05, 4.69) is 46.3 Å². The van der Waals surface area contributed by atoms with Crippen molar-refractivity contribution in [1.82, 2.24) is 20.0 Å². The smallest absolute Gasteiger partial charge is 0.193 e. The van der Waals surface area contributed by atoms with E-state index in [4.69, 9.17) is 9.47 Å². The molecule has 1 unspecified atom stereocenters. The minimum atomic E-state index is 0.0109. The molecular weight excluding hydrogens is 354 g/mol. The first kappa shape index (κ1) is 20.2. The first-order valence-electron chi connectivity index (χ1n) is 9.85. The first-order chi connectivity index (χ1) is 13.6. The van der Waals surface area contributed by atoms with Gasteiger partial charge in [-0.25, -0.2) is 0 Å². The van der Waals surface area contributed by atoms with Crippen molar-refractivity contribution in [2.24, 2.45) is 12.0 Å². The molecule has 152 valence electrons. The summed E-state index contributed by atoms with van der Waals surface area (Å²) in [4.78, 5) is 6.64. The maximum atomic E-state index is 5.91. The molecule has 1 atom stereocenters. The Kier molecular flexibility index (Phi) is 6.92. The van der Waals surface area contributed by atoms with E-state index in [0.29, 0.717) is 25.7 Å². The molecule has 7 heteroatoms. The third-order valence-corrected chi connectivity index (χ3v) is 4.88. The summed E-state index contributed by atoms with van der Waals surface area (Å²) in [6.07, 6.45) is 3.88. The lowest BCUT2D eigenvalue weighted by Gasteiger charge is -2.34. The summed E-state index contributed by atoms with van der Waals surface area (Å²) in [5, 5.41) is 7.63. The van der Waals surface area contributed by atoms with Gasteiger partial charge in [-0.05, 0) is 23.6 Å². The van der Waals surface area contributed by atoms with Crippen molar-refractivity contribution < 1.29 is 9.47 Å². The van der Waals surface area contributed by atoms with Gasteiger partial charge in [0.25, 0.3) is 0 Å². The lowest BCUT2D eigenvalue weighted by atomic mass is 10.0. The standard InChI is InChI=1S/C21H31N5O2/c1-16(2)17-5-7-19(8-6-17)27-11-9-23-21(22-3)26-10-12-28-20(15-26)18-13-24-25(4)14-18/h5-8,13-14,16,20H,9-12,15H2,1-4H3,(H,22,23). The number of guanidine groups is 1. The van der Waals surface area contributed by atoms with Crippen molar-refractivity contribution >= 4 is 5.96 Å². The lowest BCUT2D eigenvalue weighted by molar-refractivity contribution is -0.00805. The summed E-state index contributed by atoms with van der Waals surface area (Å²) < 4.78 is 13.6. The number of benzene rings is 1. The maximum absolute atomic E-state index is 5.91. The van der Waals surface area contributed by atoms with Crippen molar-refractivity contribution in [3.8, 4) is 5.75 Å². The van der Waals surface area contributed by atoms with E-state index in [1.165, 1.54) is 5.56 Å². The average molecular weight is 386 g/mol. The lowest BCUT2D eigenvalue weighted by Crippen LogP contribution is -2.48. The van der Waals surface area contributed by atoms with Gasteiger partial charge >= 0.3 is 0 Å². The molecule has 0 amide bonds. The number of hydrogen-bond acceptors (Lipinski definition) is 4. The van der Waals surface area contributed by atoms with Crippen molar-refractivity contribution in [1.29, 1.82) is 0 Å². The van der Waals surface area contributed by atoms with Crippen LogP contribution in [0, 0.1) is 0 Å². The molecule has 1 fully saturated rings. The molecule has 1 aromatic heterocycles. The molecule has 1 saturated heterocycles. The van der Waals surface area contributed by atoms with Crippen LogP contribution in [0.2, 0.25) is 0 Å². The highest BCUT2D eigenvalue weighted by Gasteiger charge is 2.25. The van der Waals surface area contributed by atoms with E-state index in [-0.39, 0.29) is 6.10 Å². The molecule has 2 heterocycles. The summed E-state index contributed by atoms with van der Waals surface area (Å²) in [7, 11) is 3.73. The number of nitrogens with one attached hydrogen (secondary N) is 1. The molecule has 0 spiro atoms. The number of hydrogen-bond donors (Lipinski definition) is 1. The van der Waals surface area contributed by atoms with E-state index in [0.717, 1.165) is 30.4 Å². The van der Waals surface area contributed by atoms with Crippen LogP contribution in [0.25, 0.3) is 0 Å². The highest BCUT2D eigenvalue weighted by molar-refractivity contribution is 5.80. The van der Waals surface area contributed by atoms with Gasteiger partial charge in [-0.15, -0.1) is 0 Å². The van der Waals surface area contributed by atoms with E-state index >= 15 is 0 Å². The Labute approximate surface area is 167 Å². The summed E-state index contributed by atoms with van der Waals surface area (Å²) in [5.41, 5.74) is 2.41. The molecule has 1 aliphatic rings. The highest BCUT2D eigenvalue weighted by Crippen LogP contribution is 2.21. The van der Waals surface area contributed by atoms with Crippen LogP contribution < -0.4 is 10.1 Å². The van der Waals surface area contributed by atoms with Gasteiger partial charge in [0.05, 0.1) is 25.9 Å². The third kappa shape index (κ3) is 5.25. The summed E-state index contributed by atoms with van der Waals surface area (Å²) >= 11 is 0. The van der Waals surface area contributed by atoms with E-state index < -0.39 is 0 Å². The maximum Gasteiger partial charge on any atom is 0.193 e. The Balaban J connectivity index is 1.46. The molecule has 0 bridgehead atoms. The van der Waals surface area contributed by atoms with Crippen molar-refractivity contribution in [3.05, 3.63) is 47.8 Å². The van der Waals surface area contributed by atoms with Crippen molar-refractivity contribution in [3.63, 3.8) is 0 Å². The predicted molar refractivity (Wildman–Crippen MR) is 111 cm³/mol. The highest BCUT2D eigenvalue weighted by atomic mass is 16.5. The fraction of sp³-hybridized carbons (Fsp3) is 0.524. The van der Waals surface area contributed by atoms with Gasteiger partial charge in [-0.1, -0.05) is 26.0 Å². The summed E-state index contributed by atoms with van der Waals surface area (Å²) in [6.45, 7) is 7.88. The van der Waals surface area contributed by atoms with Gasteiger partial charge in [0.1, 0.15) is 18.5 Å². The number of aliphatic imine (C=N–C) groups is 1. The number of aromatic nitrogens is 2. The largest absolute Gasteiger partial charge is 0.492 e. The first-order valence-corrected chi connectivity index (χ1v) is 9.85. The Morgan fingerprint density at radius 2 is 2.14 bits per heavy atom. The minimum absolute atomic E-state index is 0.0109. The molecule has 0 radical (unpaired) electrons. The van der Waals surface area contributed by atoms with Crippen LogP contribution >= 0.6 is 0 Å². The van der Waals surface area contributed by atoms with Crippen LogP contribution in [0.3, 0.4) is 0 Å². The Morgan fingerprint density at radius 3 is 2.79 bits per heavy atom. The van der Waals surface area contributed by atoms with E-state index in [1.54, 1.807) is 4.68 Å². The number of morpholine rings is 1. The second-order valence-electron chi connectivity index (χ2n) is 7.30. The Bertz CT molecular complexity index is 769. The van der Waals surface area contributed by atoms with Gasteiger partial charge in [0.15, 0.2) is 5.96 Å². The predicted octanol–water partition coefficient (Wildman–Crippen LogP) is 2.57. The molecule has 0 aliphatic carbocycles. The summed E-state index contributed by atoms with van der Waals surface area (Å²) in [6, 6.07) is 8.31. The van der Waals surface area contributed by atoms with E-state index in [1.807, 2.05) is 38.6 Å². The van der Waals surface area contributed by atoms with Gasteiger partial charge in [-0.2, -0.15) is 5.10 Å². The summed E-state index contributed by atoms with van der Waals surface area (Å²) in [5.74, 6) is 2.29. The number of ether oxygens (including phenoxy) is 2. The zero-order valence-electron chi connectivity index (χ0n) is 17.3. The number of aryl methyl sites for hydroxylation is 1. The molecule has 1 N–H and O–H groups in total. The topological polar surface area (TPSA) is 63.9 Å².